The third-order valence-corrected chi connectivity index (χ3v) is 4.28. The van der Waals surface area contributed by atoms with Crippen LogP contribution in [-0.4, -0.2) is 36.7 Å². The normalized spacial score (nSPS) is 10.3. The van der Waals surface area contributed by atoms with E-state index in [1.54, 1.807) is 25.3 Å². The van der Waals surface area contributed by atoms with Crippen LogP contribution in [0.2, 0.25) is 0 Å². The molecular formula is C22H24N4O3. The second-order valence-corrected chi connectivity index (χ2v) is 6.40. The monoisotopic (exact) mass is 392 g/mol. The molecule has 150 valence electrons. The molecule has 3 aromatic rings. The minimum absolute atomic E-state index is 0.383. The number of ether oxygens (including phenoxy) is 2. The fraction of sp³-hybridized carbons (Fsp3) is 0.227. The van der Waals surface area contributed by atoms with Crippen molar-refractivity contribution in [2.45, 2.75) is 13.3 Å². The third-order valence-electron chi connectivity index (χ3n) is 4.28. The maximum Gasteiger partial charge on any atom is 0.337 e. The minimum atomic E-state index is -0.383. The average molecular weight is 392 g/mol. The van der Waals surface area contributed by atoms with E-state index in [4.69, 9.17) is 9.47 Å². The lowest BCUT2D eigenvalue weighted by Gasteiger charge is -2.11. The number of methoxy groups -OCH3 is 2. The van der Waals surface area contributed by atoms with Gasteiger partial charge in [0.1, 0.15) is 11.6 Å². The zero-order valence-electron chi connectivity index (χ0n) is 16.7. The van der Waals surface area contributed by atoms with Crippen LogP contribution >= 0.6 is 0 Å². The summed E-state index contributed by atoms with van der Waals surface area (Å²) in [5.41, 5.74) is 3.16. The molecule has 0 amide bonds. The Morgan fingerprint density at radius 3 is 2.66 bits per heavy atom. The lowest BCUT2D eigenvalue weighted by molar-refractivity contribution is 0.0601. The van der Waals surface area contributed by atoms with Gasteiger partial charge in [0.05, 0.1) is 19.8 Å². The molecule has 2 aromatic carbocycles. The first kappa shape index (κ1) is 20.1. The van der Waals surface area contributed by atoms with Crippen molar-refractivity contribution in [3.8, 4) is 5.75 Å². The van der Waals surface area contributed by atoms with Crippen molar-refractivity contribution in [3.05, 3.63) is 71.4 Å². The van der Waals surface area contributed by atoms with E-state index in [9.17, 15) is 4.79 Å². The predicted molar refractivity (Wildman–Crippen MR) is 113 cm³/mol. The van der Waals surface area contributed by atoms with Gasteiger partial charge in [-0.1, -0.05) is 24.3 Å². The van der Waals surface area contributed by atoms with Gasteiger partial charge in [0, 0.05) is 24.0 Å². The lowest BCUT2D eigenvalue weighted by Crippen LogP contribution is -2.10. The highest BCUT2D eigenvalue weighted by Crippen LogP contribution is 2.20. The summed E-state index contributed by atoms with van der Waals surface area (Å²) in [4.78, 5) is 20.7. The van der Waals surface area contributed by atoms with E-state index in [-0.39, 0.29) is 5.97 Å². The Kier molecular flexibility index (Phi) is 6.63. The van der Waals surface area contributed by atoms with Crippen molar-refractivity contribution in [1.29, 1.82) is 0 Å². The Balaban J connectivity index is 1.67. The topological polar surface area (TPSA) is 85.4 Å². The molecule has 0 aliphatic carbocycles. The first-order valence-corrected chi connectivity index (χ1v) is 9.26. The number of carbonyl (C=O) groups excluding carboxylic acids is 1. The van der Waals surface area contributed by atoms with Crippen LogP contribution in [0.25, 0.3) is 0 Å². The van der Waals surface area contributed by atoms with Gasteiger partial charge in [-0.05, 0) is 43.2 Å². The molecule has 0 unspecified atom stereocenters. The Morgan fingerprint density at radius 1 is 1.03 bits per heavy atom. The summed E-state index contributed by atoms with van der Waals surface area (Å²) >= 11 is 0. The van der Waals surface area contributed by atoms with Crippen molar-refractivity contribution in [1.82, 2.24) is 9.97 Å². The van der Waals surface area contributed by atoms with Crippen LogP contribution in [0.3, 0.4) is 0 Å². The van der Waals surface area contributed by atoms with Crippen LogP contribution in [0, 0.1) is 6.92 Å². The Hall–Kier alpha value is -3.61. The third kappa shape index (κ3) is 5.44. The quantitative estimate of drug-likeness (QED) is 0.561. The van der Waals surface area contributed by atoms with Crippen LogP contribution in [0.4, 0.5) is 17.5 Å². The average Bonchev–Trinajstić information content (AvgIpc) is 2.73. The second-order valence-electron chi connectivity index (χ2n) is 6.40. The maximum atomic E-state index is 11.7. The second kappa shape index (κ2) is 9.54. The Bertz CT molecular complexity index is 991. The van der Waals surface area contributed by atoms with Crippen LogP contribution in [-0.2, 0) is 11.2 Å². The number of nitrogens with one attached hydrogen (secondary N) is 2. The van der Waals surface area contributed by atoms with Gasteiger partial charge in [0.2, 0.25) is 5.95 Å². The fourth-order valence-corrected chi connectivity index (χ4v) is 2.92. The first-order chi connectivity index (χ1) is 14.1. The smallest absolute Gasteiger partial charge is 0.337 e. The SMILES string of the molecule is COC(=O)c1cccc(Nc2cc(C)nc(NCCc3ccccc3OC)n2)c1. The number of para-hydroxylation sites is 1. The molecule has 0 fully saturated rings. The summed E-state index contributed by atoms with van der Waals surface area (Å²) in [7, 11) is 3.03. The molecule has 0 aliphatic heterocycles. The number of hydrogen-bond acceptors (Lipinski definition) is 7. The van der Waals surface area contributed by atoms with Gasteiger partial charge >= 0.3 is 5.97 Å². The molecule has 7 heteroatoms. The van der Waals surface area contributed by atoms with Gasteiger partial charge in [-0.3, -0.25) is 0 Å². The highest BCUT2D eigenvalue weighted by atomic mass is 16.5. The predicted octanol–water partition coefficient (Wildman–Crippen LogP) is 3.98. The van der Waals surface area contributed by atoms with Gasteiger partial charge in [-0.25, -0.2) is 9.78 Å². The summed E-state index contributed by atoms with van der Waals surface area (Å²) in [6, 6.07) is 16.8. The number of hydrogen-bond donors (Lipinski definition) is 2. The molecule has 0 saturated heterocycles. The molecule has 1 aromatic heterocycles. The van der Waals surface area contributed by atoms with E-state index in [1.807, 2.05) is 43.3 Å². The molecule has 29 heavy (non-hydrogen) atoms. The molecule has 0 aliphatic rings. The highest BCUT2D eigenvalue weighted by Gasteiger charge is 2.08. The van der Waals surface area contributed by atoms with Gasteiger partial charge in [0.25, 0.3) is 0 Å². The molecule has 0 atom stereocenters. The molecule has 0 spiro atoms. The number of aryl methyl sites for hydroxylation is 1. The van der Waals surface area contributed by atoms with Crippen molar-refractivity contribution in [2.75, 3.05) is 31.4 Å². The number of esters is 1. The molecule has 0 radical (unpaired) electrons. The van der Waals surface area contributed by atoms with Crippen molar-refractivity contribution < 1.29 is 14.3 Å². The van der Waals surface area contributed by atoms with Gasteiger partial charge < -0.3 is 20.1 Å². The summed E-state index contributed by atoms with van der Waals surface area (Å²) in [5.74, 6) is 1.66. The summed E-state index contributed by atoms with van der Waals surface area (Å²) < 4.78 is 10.2. The standard InChI is InChI=1S/C22H24N4O3/c1-15-13-20(25-18-9-6-8-17(14-18)21(27)29-3)26-22(24-15)23-12-11-16-7-4-5-10-19(16)28-2/h4-10,13-14H,11-12H2,1-3H3,(H2,23,24,25,26). The summed E-state index contributed by atoms with van der Waals surface area (Å²) in [6.07, 6.45) is 0.783. The maximum absolute atomic E-state index is 11.7. The van der Waals surface area contributed by atoms with Gasteiger partial charge in [-0.2, -0.15) is 4.98 Å². The molecule has 2 N–H and O–H groups in total. The largest absolute Gasteiger partial charge is 0.496 e. The van der Waals surface area contributed by atoms with E-state index in [0.29, 0.717) is 23.9 Å². The highest BCUT2D eigenvalue weighted by molar-refractivity contribution is 5.90. The van der Waals surface area contributed by atoms with Crippen LogP contribution < -0.4 is 15.4 Å². The van der Waals surface area contributed by atoms with Gasteiger partial charge in [0.15, 0.2) is 0 Å². The Morgan fingerprint density at radius 2 is 1.86 bits per heavy atom. The lowest BCUT2D eigenvalue weighted by atomic mass is 10.1. The number of anilines is 3. The van der Waals surface area contributed by atoms with E-state index in [0.717, 1.165) is 29.1 Å². The first-order valence-electron chi connectivity index (χ1n) is 9.26. The van der Waals surface area contributed by atoms with Crippen LogP contribution in [0.5, 0.6) is 5.75 Å². The van der Waals surface area contributed by atoms with Gasteiger partial charge in [-0.15, -0.1) is 0 Å². The summed E-state index contributed by atoms with van der Waals surface area (Å²) in [5, 5.41) is 6.47. The van der Waals surface area contributed by atoms with E-state index < -0.39 is 0 Å². The zero-order chi connectivity index (χ0) is 20.6. The van der Waals surface area contributed by atoms with Crippen molar-refractivity contribution in [3.63, 3.8) is 0 Å². The minimum Gasteiger partial charge on any atom is -0.496 e. The zero-order valence-corrected chi connectivity index (χ0v) is 16.7. The number of benzene rings is 2. The van der Waals surface area contributed by atoms with E-state index in [2.05, 4.69) is 20.6 Å². The molecule has 0 bridgehead atoms. The number of nitrogens with zero attached hydrogens (tertiary/aromatic N) is 2. The fourth-order valence-electron chi connectivity index (χ4n) is 2.92. The van der Waals surface area contributed by atoms with E-state index >= 15 is 0 Å². The van der Waals surface area contributed by atoms with Crippen molar-refractivity contribution in [2.24, 2.45) is 0 Å². The molecular weight excluding hydrogens is 368 g/mol. The van der Waals surface area contributed by atoms with Crippen LogP contribution in [0.1, 0.15) is 21.6 Å². The molecule has 1 heterocycles. The number of carbonyl (C=O) groups is 1. The van der Waals surface area contributed by atoms with E-state index in [1.165, 1.54) is 7.11 Å². The van der Waals surface area contributed by atoms with Crippen molar-refractivity contribution >= 4 is 23.4 Å². The molecule has 3 rings (SSSR count). The summed E-state index contributed by atoms with van der Waals surface area (Å²) in [6.45, 7) is 2.57. The molecule has 0 saturated carbocycles. The molecule has 7 nitrogen and oxygen atoms in total. The number of rotatable bonds is 8. The Labute approximate surface area is 170 Å². The number of aromatic nitrogens is 2. The van der Waals surface area contributed by atoms with Crippen LogP contribution in [0.15, 0.2) is 54.6 Å².